The number of hydrogen-bond acceptors (Lipinski definition) is 4. The van der Waals surface area contributed by atoms with Crippen LogP contribution in [0.2, 0.25) is 0 Å². The zero-order chi connectivity index (χ0) is 17.1. The number of esters is 1. The number of carbonyl (C=O) groups excluding carboxylic acids is 1. The van der Waals surface area contributed by atoms with Crippen LogP contribution in [0.25, 0.3) is 0 Å². The number of nitrogens with one attached hydrogen (secondary N) is 1. The van der Waals surface area contributed by atoms with Crippen molar-refractivity contribution in [1.82, 2.24) is 10.2 Å². The fraction of sp³-hybridized carbons (Fsp3) is 0.882. The van der Waals surface area contributed by atoms with E-state index in [1.54, 1.807) is 0 Å². The van der Waals surface area contributed by atoms with E-state index in [1.807, 2.05) is 0 Å². The molecule has 0 bridgehead atoms. The molecule has 24 heavy (non-hydrogen) atoms. The first kappa shape index (κ1) is 23.8. The van der Waals surface area contributed by atoms with E-state index in [0.29, 0.717) is 17.6 Å². The maximum atomic E-state index is 11.1. The summed E-state index contributed by atoms with van der Waals surface area (Å²) < 4.78 is 4.65. The predicted molar refractivity (Wildman–Crippen MR) is 115 cm³/mol. The lowest BCUT2D eigenvalue weighted by atomic mass is 10.1. The molecule has 1 heterocycles. The van der Waals surface area contributed by atoms with Crippen LogP contribution in [0.15, 0.2) is 4.99 Å². The van der Waals surface area contributed by atoms with Gasteiger partial charge < -0.3 is 15.0 Å². The van der Waals surface area contributed by atoms with Gasteiger partial charge in [-0.3, -0.25) is 9.79 Å². The van der Waals surface area contributed by atoms with E-state index in [9.17, 15) is 4.79 Å². The zero-order valence-corrected chi connectivity index (χ0v) is 18.7. The van der Waals surface area contributed by atoms with Gasteiger partial charge in [-0.25, -0.2) is 0 Å². The average Bonchev–Trinajstić information content (AvgIpc) is 2.56. The third kappa shape index (κ3) is 9.34. The molecule has 1 saturated heterocycles. The molecule has 1 rings (SSSR count). The van der Waals surface area contributed by atoms with Crippen LogP contribution in [-0.2, 0) is 9.53 Å². The molecule has 1 aliphatic rings. The predicted octanol–water partition coefficient (Wildman–Crippen LogP) is 3.38. The molecule has 1 unspecified atom stereocenters. The molecule has 0 spiro atoms. The van der Waals surface area contributed by atoms with Gasteiger partial charge in [0.05, 0.1) is 7.11 Å². The number of halogens is 1. The van der Waals surface area contributed by atoms with Gasteiger partial charge >= 0.3 is 5.97 Å². The number of carbonyl (C=O) groups is 1. The Hall–Kier alpha value is -0.180. The molecule has 142 valence electrons. The van der Waals surface area contributed by atoms with Crippen molar-refractivity contribution in [1.29, 1.82) is 0 Å². The summed E-state index contributed by atoms with van der Waals surface area (Å²) in [5.74, 6) is 2.80. The summed E-state index contributed by atoms with van der Waals surface area (Å²) >= 11 is 2.08. The third-order valence-corrected chi connectivity index (χ3v) is 5.54. The first-order chi connectivity index (χ1) is 11.1. The summed E-state index contributed by atoms with van der Waals surface area (Å²) in [6, 6.07) is 0. The maximum Gasteiger partial charge on any atom is 0.305 e. The molecule has 1 N–H and O–H groups in total. The normalized spacial score (nSPS) is 18.3. The van der Waals surface area contributed by atoms with Crippen molar-refractivity contribution in [3.63, 3.8) is 0 Å². The maximum absolute atomic E-state index is 11.1. The van der Waals surface area contributed by atoms with Gasteiger partial charge in [0.15, 0.2) is 5.96 Å². The summed E-state index contributed by atoms with van der Waals surface area (Å²) in [5, 5.41) is 4.11. The van der Waals surface area contributed by atoms with Gasteiger partial charge in [-0.05, 0) is 25.7 Å². The van der Waals surface area contributed by atoms with Crippen LogP contribution < -0.4 is 5.32 Å². The van der Waals surface area contributed by atoms with Gasteiger partial charge in [0.25, 0.3) is 0 Å². The second-order valence-electron chi connectivity index (χ2n) is 6.22. The second-order valence-corrected chi connectivity index (χ2v) is 7.57. The fourth-order valence-electron chi connectivity index (χ4n) is 2.54. The molecular weight excluding hydrogens is 437 g/mol. The van der Waals surface area contributed by atoms with Gasteiger partial charge in [-0.1, -0.05) is 20.3 Å². The van der Waals surface area contributed by atoms with Crippen LogP contribution >= 0.6 is 35.7 Å². The number of guanidine groups is 1. The molecule has 1 aliphatic heterocycles. The molecule has 0 aliphatic carbocycles. The average molecular weight is 471 g/mol. The Morgan fingerprint density at radius 2 is 2.12 bits per heavy atom. The minimum Gasteiger partial charge on any atom is -0.469 e. The molecule has 5 nitrogen and oxygen atoms in total. The van der Waals surface area contributed by atoms with Crippen LogP contribution in [0.1, 0.15) is 46.5 Å². The van der Waals surface area contributed by atoms with Crippen molar-refractivity contribution < 1.29 is 9.53 Å². The van der Waals surface area contributed by atoms with E-state index < -0.39 is 0 Å². The van der Waals surface area contributed by atoms with Crippen molar-refractivity contribution in [3.05, 3.63) is 0 Å². The summed E-state index contributed by atoms with van der Waals surface area (Å²) in [6.45, 7) is 10.6. The zero-order valence-electron chi connectivity index (χ0n) is 15.5. The topological polar surface area (TPSA) is 53.9 Å². The number of rotatable bonds is 8. The highest BCUT2D eigenvalue weighted by molar-refractivity contribution is 14.0. The number of nitrogens with zero attached hydrogens (tertiary/aromatic N) is 2. The molecule has 0 radical (unpaired) electrons. The lowest BCUT2D eigenvalue weighted by Gasteiger charge is -2.36. The Balaban J connectivity index is 0.00000529. The Bertz CT molecular complexity index is 381. The minimum atomic E-state index is -0.118. The largest absolute Gasteiger partial charge is 0.469 e. The lowest BCUT2D eigenvalue weighted by Crippen LogP contribution is -2.49. The van der Waals surface area contributed by atoms with Crippen molar-refractivity contribution >= 4 is 47.7 Å². The summed E-state index contributed by atoms with van der Waals surface area (Å²) in [4.78, 5) is 18.2. The molecule has 0 saturated carbocycles. The van der Waals surface area contributed by atoms with Crippen molar-refractivity contribution in [2.45, 2.75) is 51.7 Å². The van der Waals surface area contributed by atoms with Gasteiger partial charge in [0, 0.05) is 43.6 Å². The highest BCUT2D eigenvalue weighted by atomic mass is 127. The smallest absolute Gasteiger partial charge is 0.305 e. The Kier molecular flexibility index (Phi) is 13.9. The van der Waals surface area contributed by atoms with E-state index in [2.05, 4.69) is 47.5 Å². The third-order valence-electron chi connectivity index (χ3n) is 4.00. The van der Waals surface area contributed by atoms with Crippen LogP contribution in [-0.4, -0.2) is 61.1 Å². The van der Waals surface area contributed by atoms with Gasteiger partial charge in [0.1, 0.15) is 0 Å². The van der Waals surface area contributed by atoms with Gasteiger partial charge in [0.2, 0.25) is 0 Å². The minimum absolute atomic E-state index is 0. The quantitative estimate of drug-likeness (QED) is 0.194. The number of unbranched alkanes of at least 4 members (excludes halogenated alkanes) is 2. The molecule has 0 aromatic carbocycles. The van der Waals surface area contributed by atoms with Crippen LogP contribution in [0, 0.1) is 5.92 Å². The fourth-order valence-corrected chi connectivity index (χ4v) is 3.84. The summed E-state index contributed by atoms with van der Waals surface area (Å²) in [5.41, 5.74) is 0. The standard InChI is InChI=1S/C17H33N3O2S.HI/c1-5-18-17(19-10-8-6-7-9-16(21)22-4)20-11-12-23-15(13-20)14(2)3;/h14-15H,5-13H2,1-4H3,(H,18,19);1H. The number of methoxy groups -OCH3 is 1. The molecule has 0 aromatic heterocycles. The monoisotopic (exact) mass is 471 g/mol. The Morgan fingerprint density at radius 1 is 1.38 bits per heavy atom. The van der Waals surface area contributed by atoms with E-state index in [0.717, 1.165) is 51.4 Å². The highest BCUT2D eigenvalue weighted by Gasteiger charge is 2.24. The van der Waals surface area contributed by atoms with Gasteiger partial charge in [-0.2, -0.15) is 11.8 Å². The molecule has 7 heteroatoms. The van der Waals surface area contributed by atoms with Crippen LogP contribution in [0.3, 0.4) is 0 Å². The molecule has 1 atom stereocenters. The van der Waals surface area contributed by atoms with Crippen molar-refractivity contribution in [3.8, 4) is 0 Å². The Labute approximate surface area is 168 Å². The summed E-state index contributed by atoms with van der Waals surface area (Å²) in [6.07, 6.45) is 3.43. The van der Waals surface area contributed by atoms with E-state index in [4.69, 9.17) is 4.99 Å². The second kappa shape index (κ2) is 14.0. The highest BCUT2D eigenvalue weighted by Crippen LogP contribution is 2.24. The first-order valence-corrected chi connectivity index (χ1v) is 9.85. The van der Waals surface area contributed by atoms with Crippen LogP contribution in [0.4, 0.5) is 0 Å². The SMILES string of the molecule is CCNC(=NCCCCCC(=O)OC)N1CCSC(C(C)C)C1.I. The number of aliphatic imine (C=N–C) groups is 1. The molecule has 0 aromatic rings. The number of thioether (sulfide) groups is 1. The van der Waals surface area contributed by atoms with Crippen molar-refractivity contribution in [2.75, 3.05) is 39.0 Å². The van der Waals surface area contributed by atoms with Crippen LogP contribution in [0.5, 0.6) is 0 Å². The molecular formula is C17H34IN3O2S. The lowest BCUT2D eigenvalue weighted by molar-refractivity contribution is -0.140. The number of hydrogen-bond donors (Lipinski definition) is 1. The first-order valence-electron chi connectivity index (χ1n) is 8.80. The van der Waals surface area contributed by atoms with E-state index >= 15 is 0 Å². The van der Waals surface area contributed by atoms with E-state index in [-0.39, 0.29) is 29.9 Å². The molecule has 0 amide bonds. The number of ether oxygens (including phenoxy) is 1. The molecule has 1 fully saturated rings. The summed E-state index contributed by atoms with van der Waals surface area (Å²) in [7, 11) is 1.44. The Morgan fingerprint density at radius 3 is 2.75 bits per heavy atom. The van der Waals surface area contributed by atoms with E-state index in [1.165, 1.54) is 12.9 Å². The van der Waals surface area contributed by atoms with Crippen molar-refractivity contribution in [2.24, 2.45) is 10.9 Å². The van der Waals surface area contributed by atoms with Gasteiger partial charge in [-0.15, -0.1) is 24.0 Å².